The first kappa shape index (κ1) is 11.2. The SMILES string of the molecule is N#Cc1ccnc(Oc2cccc(N)c2)c1Cl. The van der Waals surface area contributed by atoms with E-state index in [9.17, 15) is 0 Å². The van der Waals surface area contributed by atoms with Crippen molar-refractivity contribution in [2.75, 3.05) is 5.73 Å². The molecular weight excluding hydrogens is 238 g/mol. The zero-order valence-corrected chi connectivity index (χ0v) is 9.48. The van der Waals surface area contributed by atoms with Crippen molar-refractivity contribution in [2.45, 2.75) is 0 Å². The second kappa shape index (κ2) is 4.73. The fraction of sp³-hybridized carbons (Fsp3) is 0. The van der Waals surface area contributed by atoms with E-state index in [2.05, 4.69) is 4.98 Å². The smallest absolute Gasteiger partial charge is 0.239 e. The van der Waals surface area contributed by atoms with Crippen LogP contribution >= 0.6 is 11.6 Å². The Kier molecular flexibility index (Phi) is 3.12. The van der Waals surface area contributed by atoms with Crippen LogP contribution in [0.3, 0.4) is 0 Å². The predicted molar refractivity (Wildman–Crippen MR) is 64.9 cm³/mol. The third kappa shape index (κ3) is 2.47. The highest BCUT2D eigenvalue weighted by Gasteiger charge is 2.09. The Morgan fingerprint density at radius 2 is 2.18 bits per heavy atom. The Morgan fingerprint density at radius 1 is 1.35 bits per heavy atom. The first-order chi connectivity index (χ1) is 8.20. The topological polar surface area (TPSA) is 71.9 Å². The van der Waals surface area contributed by atoms with Crippen LogP contribution in [0.4, 0.5) is 5.69 Å². The maximum Gasteiger partial charge on any atom is 0.239 e. The van der Waals surface area contributed by atoms with Gasteiger partial charge in [0, 0.05) is 18.0 Å². The Balaban J connectivity index is 2.34. The summed E-state index contributed by atoms with van der Waals surface area (Å²) in [6.07, 6.45) is 1.46. The molecule has 0 bridgehead atoms. The van der Waals surface area contributed by atoms with Gasteiger partial charge in [-0.05, 0) is 18.2 Å². The van der Waals surface area contributed by atoms with Crippen LogP contribution in [0.2, 0.25) is 5.02 Å². The molecule has 17 heavy (non-hydrogen) atoms. The van der Waals surface area contributed by atoms with Crippen molar-refractivity contribution in [1.82, 2.24) is 4.98 Å². The van der Waals surface area contributed by atoms with Gasteiger partial charge in [0.15, 0.2) is 0 Å². The molecule has 0 saturated carbocycles. The van der Waals surface area contributed by atoms with E-state index < -0.39 is 0 Å². The van der Waals surface area contributed by atoms with Crippen LogP contribution in [-0.4, -0.2) is 4.98 Å². The van der Waals surface area contributed by atoms with Gasteiger partial charge >= 0.3 is 0 Å². The molecule has 1 heterocycles. The van der Waals surface area contributed by atoms with Gasteiger partial charge in [-0.3, -0.25) is 0 Å². The first-order valence-corrected chi connectivity index (χ1v) is 5.16. The van der Waals surface area contributed by atoms with Crippen LogP contribution in [0.1, 0.15) is 5.56 Å². The van der Waals surface area contributed by atoms with Gasteiger partial charge in [0.05, 0.1) is 5.56 Å². The van der Waals surface area contributed by atoms with Gasteiger partial charge in [0.25, 0.3) is 0 Å². The van der Waals surface area contributed by atoms with Gasteiger partial charge in [-0.25, -0.2) is 4.98 Å². The van der Waals surface area contributed by atoms with Crippen LogP contribution < -0.4 is 10.5 Å². The van der Waals surface area contributed by atoms with Crippen molar-refractivity contribution < 1.29 is 4.74 Å². The lowest BCUT2D eigenvalue weighted by Crippen LogP contribution is -1.92. The Hall–Kier alpha value is -2.25. The fourth-order valence-electron chi connectivity index (χ4n) is 1.27. The van der Waals surface area contributed by atoms with E-state index >= 15 is 0 Å². The largest absolute Gasteiger partial charge is 0.437 e. The first-order valence-electron chi connectivity index (χ1n) is 4.78. The van der Waals surface area contributed by atoms with E-state index in [0.717, 1.165) is 0 Å². The van der Waals surface area contributed by atoms with Gasteiger partial charge in [-0.1, -0.05) is 17.7 Å². The molecule has 5 heteroatoms. The maximum absolute atomic E-state index is 8.82. The molecule has 0 aliphatic rings. The molecule has 0 radical (unpaired) electrons. The summed E-state index contributed by atoms with van der Waals surface area (Å²) in [5.41, 5.74) is 6.52. The lowest BCUT2D eigenvalue weighted by Gasteiger charge is -2.07. The molecule has 1 aromatic heterocycles. The van der Waals surface area contributed by atoms with E-state index in [1.165, 1.54) is 12.3 Å². The second-order valence-corrected chi connectivity index (χ2v) is 3.64. The van der Waals surface area contributed by atoms with E-state index in [4.69, 9.17) is 27.3 Å². The molecule has 0 aliphatic heterocycles. The summed E-state index contributed by atoms with van der Waals surface area (Å²) >= 11 is 5.96. The zero-order valence-electron chi connectivity index (χ0n) is 8.72. The van der Waals surface area contributed by atoms with E-state index in [-0.39, 0.29) is 10.9 Å². The molecule has 2 aromatic rings. The lowest BCUT2D eigenvalue weighted by molar-refractivity contribution is 0.463. The predicted octanol–water partition coefficient (Wildman–Crippen LogP) is 2.98. The molecule has 0 unspecified atom stereocenters. The van der Waals surface area contributed by atoms with Crippen molar-refractivity contribution >= 4 is 17.3 Å². The number of aromatic nitrogens is 1. The number of nitrogen functional groups attached to an aromatic ring is 1. The minimum absolute atomic E-state index is 0.191. The number of nitrogens with zero attached hydrogens (tertiary/aromatic N) is 2. The molecule has 0 atom stereocenters. The average Bonchev–Trinajstić information content (AvgIpc) is 2.32. The standard InChI is InChI=1S/C12H8ClN3O/c13-11-8(7-14)4-5-16-12(11)17-10-3-1-2-9(15)6-10/h1-6H,15H2. The quantitative estimate of drug-likeness (QED) is 0.826. The van der Waals surface area contributed by atoms with Crippen LogP contribution in [-0.2, 0) is 0 Å². The summed E-state index contributed by atoms with van der Waals surface area (Å²) in [4.78, 5) is 3.97. The molecule has 2 N–H and O–H groups in total. The highest BCUT2D eigenvalue weighted by molar-refractivity contribution is 6.33. The summed E-state index contributed by atoms with van der Waals surface area (Å²) < 4.78 is 5.46. The second-order valence-electron chi connectivity index (χ2n) is 3.26. The summed E-state index contributed by atoms with van der Waals surface area (Å²) in [5.74, 6) is 0.714. The number of anilines is 1. The summed E-state index contributed by atoms with van der Waals surface area (Å²) in [5, 5.41) is 9.01. The van der Waals surface area contributed by atoms with Crippen molar-refractivity contribution in [2.24, 2.45) is 0 Å². The van der Waals surface area contributed by atoms with Crippen LogP contribution in [0.5, 0.6) is 11.6 Å². The van der Waals surface area contributed by atoms with Gasteiger partial charge < -0.3 is 10.5 Å². The van der Waals surface area contributed by atoms with Crippen LogP contribution in [0.25, 0.3) is 0 Å². The van der Waals surface area contributed by atoms with E-state index in [0.29, 0.717) is 17.0 Å². The van der Waals surface area contributed by atoms with Gasteiger partial charge in [-0.15, -0.1) is 0 Å². The molecule has 0 amide bonds. The van der Waals surface area contributed by atoms with E-state index in [1.807, 2.05) is 6.07 Å². The summed E-state index contributed by atoms with van der Waals surface area (Å²) in [7, 11) is 0. The molecule has 0 saturated heterocycles. The Bertz CT molecular complexity index is 593. The highest BCUT2D eigenvalue weighted by Crippen LogP contribution is 2.29. The number of halogens is 1. The number of ether oxygens (including phenoxy) is 1. The van der Waals surface area contributed by atoms with Crippen LogP contribution in [0, 0.1) is 11.3 Å². The van der Waals surface area contributed by atoms with Crippen molar-refractivity contribution in [3.05, 3.63) is 47.1 Å². The molecule has 2 rings (SSSR count). The fourth-order valence-corrected chi connectivity index (χ4v) is 1.46. The van der Waals surface area contributed by atoms with Gasteiger partial charge in [-0.2, -0.15) is 5.26 Å². The monoisotopic (exact) mass is 245 g/mol. The molecule has 0 aliphatic carbocycles. The number of benzene rings is 1. The molecule has 84 valence electrons. The Morgan fingerprint density at radius 3 is 2.88 bits per heavy atom. The number of nitriles is 1. The van der Waals surface area contributed by atoms with Crippen molar-refractivity contribution in [3.8, 4) is 17.7 Å². The summed E-state index contributed by atoms with van der Waals surface area (Å²) in [6.45, 7) is 0. The summed E-state index contributed by atoms with van der Waals surface area (Å²) in [6, 6.07) is 10.4. The minimum atomic E-state index is 0.191. The normalized spacial score (nSPS) is 9.65. The van der Waals surface area contributed by atoms with Gasteiger partial charge in [0.2, 0.25) is 5.88 Å². The third-order valence-electron chi connectivity index (χ3n) is 2.05. The molecule has 4 nitrogen and oxygen atoms in total. The van der Waals surface area contributed by atoms with Crippen molar-refractivity contribution in [3.63, 3.8) is 0 Å². The third-order valence-corrected chi connectivity index (χ3v) is 2.42. The maximum atomic E-state index is 8.82. The molecule has 0 fully saturated rings. The molecular formula is C12H8ClN3O. The number of hydrogen-bond acceptors (Lipinski definition) is 4. The van der Waals surface area contributed by atoms with E-state index in [1.54, 1.807) is 24.3 Å². The van der Waals surface area contributed by atoms with Gasteiger partial charge in [0.1, 0.15) is 16.8 Å². The zero-order chi connectivity index (χ0) is 12.3. The lowest BCUT2D eigenvalue weighted by atomic mass is 10.3. The molecule has 0 spiro atoms. The Labute approximate surface area is 103 Å². The number of pyridine rings is 1. The number of hydrogen-bond donors (Lipinski definition) is 1. The molecule has 1 aromatic carbocycles. The van der Waals surface area contributed by atoms with Crippen LogP contribution in [0.15, 0.2) is 36.5 Å². The number of nitrogens with two attached hydrogens (primary N) is 1. The average molecular weight is 246 g/mol. The minimum Gasteiger partial charge on any atom is -0.437 e. The highest BCUT2D eigenvalue weighted by atomic mass is 35.5. The van der Waals surface area contributed by atoms with Crippen molar-refractivity contribution in [1.29, 1.82) is 5.26 Å². The number of rotatable bonds is 2.